The van der Waals surface area contributed by atoms with Crippen LogP contribution < -0.4 is 9.83 Å². The van der Waals surface area contributed by atoms with Crippen molar-refractivity contribution in [1.29, 1.82) is 0 Å². The molecule has 0 aromatic heterocycles. The average Bonchev–Trinajstić information content (AvgIpc) is 2.68. The second-order valence-electron chi connectivity index (χ2n) is 6.61. The van der Waals surface area contributed by atoms with Crippen LogP contribution in [-0.2, 0) is 9.67 Å². The minimum atomic E-state index is -2.11. The van der Waals surface area contributed by atoms with E-state index in [0.29, 0.717) is 0 Å². The average molecular weight is 373 g/mol. The molecule has 4 heteroatoms. The van der Waals surface area contributed by atoms with Crippen LogP contribution in [0.2, 0.25) is 0 Å². The van der Waals surface area contributed by atoms with Gasteiger partial charge >= 0.3 is 0 Å². The summed E-state index contributed by atoms with van der Waals surface area (Å²) in [5.74, 6) is 0.722. The number of hydrogen-bond acceptors (Lipinski definition) is 2. The predicted molar refractivity (Wildman–Crippen MR) is 109 cm³/mol. The third-order valence-corrected chi connectivity index (χ3v) is 5.81. The first-order chi connectivity index (χ1) is 12.8. The van der Waals surface area contributed by atoms with Gasteiger partial charge in [-0.05, 0) is 24.1 Å². The first kappa shape index (κ1) is 20.7. The highest BCUT2D eigenvalue weighted by molar-refractivity contribution is 7.49. The van der Waals surface area contributed by atoms with Crippen LogP contribution in [0, 0.1) is 0 Å². The topological polar surface area (TPSA) is 46.2 Å². The SMILES string of the molecule is CCCCCCCCCC[O].O=[PH]1Oc2ccccc2-c2ccccc21. The second-order valence-corrected chi connectivity index (χ2v) is 7.93. The van der Waals surface area contributed by atoms with E-state index >= 15 is 0 Å². The summed E-state index contributed by atoms with van der Waals surface area (Å²) in [7, 11) is -2.11. The van der Waals surface area contributed by atoms with Crippen LogP contribution in [0.15, 0.2) is 48.5 Å². The molecule has 0 N–H and O–H groups in total. The largest absolute Gasteiger partial charge is 0.441 e. The van der Waals surface area contributed by atoms with E-state index in [1.165, 1.54) is 38.5 Å². The fraction of sp³-hybridized carbons (Fsp3) is 0.455. The number of para-hydroxylation sites is 1. The summed E-state index contributed by atoms with van der Waals surface area (Å²) in [6.07, 6.45) is 10.1. The molecule has 0 bridgehead atoms. The number of hydrogen-bond donors (Lipinski definition) is 0. The lowest BCUT2D eigenvalue weighted by molar-refractivity contribution is 0.186. The molecule has 0 fully saturated rings. The Kier molecular flexibility index (Phi) is 9.52. The predicted octanol–water partition coefficient (Wildman–Crippen LogP) is 6.40. The molecule has 3 rings (SSSR count). The molecule has 1 atom stereocenters. The molecule has 3 nitrogen and oxygen atoms in total. The maximum atomic E-state index is 11.8. The van der Waals surface area contributed by atoms with Gasteiger partial charge in [0.25, 0.3) is 8.03 Å². The van der Waals surface area contributed by atoms with Crippen LogP contribution in [0.3, 0.4) is 0 Å². The lowest BCUT2D eigenvalue weighted by atomic mass is 10.0. The van der Waals surface area contributed by atoms with E-state index in [2.05, 4.69) is 6.92 Å². The van der Waals surface area contributed by atoms with Crippen LogP contribution >= 0.6 is 8.03 Å². The molecule has 1 unspecified atom stereocenters. The summed E-state index contributed by atoms with van der Waals surface area (Å²) in [6, 6.07) is 15.4. The van der Waals surface area contributed by atoms with Crippen molar-refractivity contribution in [3.63, 3.8) is 0 Å². The molecule has 1 aliphatic rings. The van der Waals surface area contributed by atoms with Gasteiger partial charge in [0.1, 0.15) is 5.75 Å². The van der Waals surface area contributed by atoms with E-state index < -0.39 is 8.03 Å². The highest BCUT2D eigenvalue weighted by atomic mass is 31.1. The maximum absolute atomic E-state index is 11.8. The summed E-state index contributed by atoms with van der Waals surface area (Å²) in [5.41, 5.74) is 2.06. The van der Waals surface area contributed by atoms with Crippen molar-refractivity contribution in [2.24, 2.45) is 0 Å². The molecule has 0 spiro atoms. The lowest BCUT2D eigenvalue weighted by Gasteiger charge is -2.19. The third kappa shape index (κ3) is 6.30. The Morgan fingerprint density at radius 3 is 2.04 bits per heavy atom. The third-order valence-electron chi connectivity index (χ3n) is 4.52. The Morgan fingerprint density at radius 1 is 0.769 bits per heavy atom. The summed E-state index contributed by atoms with van der Waals surface area (Å²) >= 11 is 0. The van der Waals surface area contributed by atoms with E-state index in [0.717, 1.165) is 35.0 Å². The first-order valence-electron chi connectivity index (χ1n) is 9.76. The van der Waals surface area contributed by atoms with Crippen molar-refractivity contribution in [1.82, 2.24) is 0 Å². The molecular weight excluding hydrogens is 343 g/mol. The van der Waals surface area contributed by atoms with Crippen molar-refractivity contribution in [2.45, 2.75) is 58.3 Å². The zero-order valence-electron chi connectivity index (χ0n) is 15.7. The molecule has 0 aliphatic carbocycles. The first-order valence-corrected chi connectivity index (χ1v) is 11.1. The van der Waals surface area contributed by atoms with E-state index in [1.807, 2.05) is 48.5 Å². The summed E-state index contributed by atoms with van der Waals surface area (Å²) in [4.78, 5) is 0. The summed E-state index contributed by atoms with van der Waals surface area (Å²) < 4.78 is 17.2. The zero-order valence-corrected chi connectivity index (χ0v) is 16.7. The number of unbranched alkanes of at least 4 members (excludes halogenated alkanes) is 7. The summed E-state index contributed by atoms with van der Waals surface area (Å²) in [5, 5.41) is 10.9. The monoisotopic (exact) mass is 373 g/mol. The molecule has 141 valence electrons. The van der Waals surface area contributed by atoms with Crippen molar-refractivity contribution in [3.8, 4) is 16.9 Å². The highest BCUT2D eigenvalue weighted by Gasteiger charge is 2.20. The Labute approximate surface area is 158 Å². The van der Waals surface area contributed by atoms with E-state index in [9.17, 15) is 9.67 Å². The van der Waals surface area contributed by atoms with Gasteiger partial charge in [0, 0.05) is 5.56 Å². The van der Waals surface area contributed by atoms with E-state index in [4.69, 9.17) is 4.52 Å². The molecule has 1 radical (unpaired) electrons. The minimum absolute atomic E-state index is 0.120. The highest BCUT2D eigenvalue weighted by Crippen LogP contribution is 2.41. The Morgan fingerprint density at radius 2 is 1.35 bits per heavy atom. The van der Waals surface area contributed by atoms with Crippen molar-refractivity contribution in [2.75, 3.05) is 6.61 Å². The van der Waals surface area contributed by atoms with Crippen molar-refractivity contribution in [3.05, 3.63) is 48.5 Å². The van der Waals surface area contributed by atoms with E-state index in [-0.39, 0.29) is 6.61 Å². The Hall–Kier alpha value is -1.57. The van der Waals surface area contributed by atoms with Gasteiger partial charge < -0.3 is 4.52 Å². The lowest BCUT2D eigenvalue weighted by Crippen LogP contribution is -2.09. The molecule has 0 saturated heterocycles. The molecule has 1 aliphatic heterocycles. The van der Waals surface area contributed by atoms with Gasteiger partial charge in [0.2, 0.25) is 0 Å². The Bertz CT molecular complexity index is 677. The van der Waals surface area contributed by atoms with Gasteiger partial charge in [0.05, 0.1) is 11.9 Å². The molecule has 26 heavy (non-hydrogen) atoms. The van der Waals surface area contributed by atoms with Gasteiger partial charge in [0.15, 0.2) is 0 Å². The van der Waals surface area contributed by atoms with Crippen molar-refractivity contribution < 1.29 is 14.2 Å². The van der Waals surface area contributed by atoms with Crippen molar-refractivity contribution >= 4 is 13.3 Å². The normalized spacial score (nSPS) is 14.5. The van der Waals surface area contributed by atoms with Gasteiger partial charge in [-0.15, -0.1) is 0 Å². The van der Waals surface area contributed by atoms with Crippen LogP contribution in [0.5, 0.6) is 5.75 Å². The van der Waals surface area contributed by atoms with Gasteiger partial charge in [-0.1, -0.05) is 88.3 Å². The van der Waals surface area contributed by atoms with Gasteiger partial charge in [-0.25, -0.2) is 5.11 Å². The van der Waals surface area contributed by atoms with E-state index in [1.54, 1.807) is 0 Å². The molecule has 2 aromatic carbocycles. The van der Waals surface area contributed by atoms with Gasteiger partial charge in [-0.2, -0.15) is 0 Å². The van der Waals surface area contributed by atoms with Gasteiger partial charge in [-0.3, -0.25) is 4.57 Å². The van der Waals surface area contributed by atoms with Crippen LogP contribution in [0.4, 0.5) is 0 Å². The number of fused-ring (bicyclic) bond motifs is 3. The fourth-order valence-electron chi connectivity index (χ4n) is 3.06. The van der Waals surface area contributed by atoms with Crippen LogP contribution in [0.1, 0.15) is 58.3 Å². The second kappa shape index (κ2) is 11.9. The quantitative estimate of drug-likeness (QED) is 0.397. The molecule has 0 saturated carbocycles. The molecule has 0 amide bonds. The van der Waals surface area contributed by atoms with Crippen LogP contribution in [-0.4, -0.2) is 6.61 Å². The fourth-order valence-corrected chi connectivity index (χ4v) is 4.22. The smallest absolute Gasteiger partial charge is 0.266 e. The standard InChI is InChI=1S/C12H9O2P.C10H21O/c13-15-12-8-4-2-6-10(12)9-5-1-3-7-11(9)14-15;1-2-3-4-5-6-7-8-9-10-11/h1-8,15H;2-10H2,1H3. The molecule has 2 aromatic rings. The van der Waals surface area contributed by atoms with Crippen LogP contribution in [0.25, 0.3) is 11.1 Å². The zero-order chi connectivity index (χ0) is 18.6. The number of rotatable bonds is 8. The molecule has 1 heterocycles. The summed E-state index contributed by atoms with van der Waals surface area (Å²) in [6.45, 7) is 2.35. The number of benzene rings is 2. The minimum Gasteiger partial charge on any atom is -0.441 e. The Balaban J connectivity index is 0.000000199. The maximum Gasteiger partial charge on any atom is 0.266 e. The molecular formula is C22H30O3P.